The van der Waals surface area contributed by atoms with Crippen molar-refractivity contribution in [2.24, 2.45) is 0 Å². The van der Waals surface area contributed by atoms with E-state index in [1.165, 1.54) is 0 Å². The molecule has 0 bridgehead atoms. The fraction of sp³-hybridized carbons (Fsp3) is 0.222. The Labute approximate surface area is 83.8 Å². The lowest BCUT2D eigenvalue weighted by Gasteiger charge is -1.93. The SMILES string of the molecule is Cc1cccc(O)c1.O=C(O)C(F)(F)F. The lowest BCUT2D eigenvalue weighted by molar-refractivity contribution is -0.192. The first-order chi connectivity index (χ1) is 6.73. The second-order valence-electron chi connectivity index (χ2n) is 2.64. The number of aromatic hydroxyl groups is 1. The van der Waals surface area contributed by atoms with Crippen molar-refractivity contribution in [3.63, 3.8) is 0 Å². The molecule has 0 saturated heterocycles. The zero-order valence-electron chi connectivity index (χ0n) is 7.75. The number of halogens is 3. The summed E-state index contributed by atoms with van der Waals surface area (Å²) in [5, 5.41) is 15.9. The van der Waals surface area contributed by atoms with E-state index in [-0.39, 0.29) is 0 Å². The molecule has 0 aromatic heterocycles. The molecular weight excluding hydrogens is 213 g/mol. The third-order valence-electron chi connectivity index (χ3n) is 1.24. The Balaban J connectivity index is 0.000000265. The van der Waals surface area contributed by atoms with Crippen LogP contribution in [0.15, 0.2) is 24.3 Å². The van der Waals surface area contributed by atoms with Gasteiger partial charge < -0.3 is 10.2 Å². The van der Waals surface area contributed by atoms with Crippen molar-refractivity contribution >= 4 is 5.97 Å². The molecule has 0 amide bonds. The minimum atomic E-state index is -5.08. The Morgan fingerprint density at radius 3 is 2.00 bits per heavy atom. The third-order valence-corrected chi connectivity index (χ3v) is 1.24. The van der Waals surface area contributed by atoms with Gasteiger partial charge in [-0.25, -0.2) is 4.79 Å². The molecule has 6 heteroatoms. The van der Waals surface area contributed by atoms with Gasteiger partial charge in [0, 0.05) is 0 Å². The summed E-state index contributed by atoms with van der Waals surface area (Å²) in [6, 6.07) is 7.15. The van der Waals surface area contributed by atoms with Crippen LogP contribution in [0.1, 0.15) is 5.56 Å². The standard InChI is InChI=1S/C7H8O.C2HF3O2/c1-6-3-2-4-7(8)5-6;3-2(4,5)1(6)7/h2-5,8H,1H3;(H,6,7). The summed E-state index contributed by atoms with van der Waals surface area (Å²) < 4.78 is 31.7. The minimum absolute atomic E-state index is 0.338. The Hall–Kier alpha value is -1.72. The van der Waals surface area contributed by atoms with E-state index in [4.69, 9.17) is 15.0 Å². The number of carbonyl (C=O) groups is 1. The lowest BCUT2D eigenvalue weighted by atomic mass is 10.2. The maximum atomic E-state index is 10.6. The topological polar surface area (TPSA) is 57.5 Å². The molecule has 84 valence electrons. The number of hydrogen-bond donors (Lipinski definition) is 2. The summed E-state index contributed by atoms with van der Waals surface area (Å²) in [7, 11) is 0. The maximum absolute atomic E-state index is 10.6. The van der Waals surface area contributed by atoms with E-state index in [2.05, 4.69) is 0 Å². The molecule has 0 saturated carbocycles. The minimum Gasteiger partial charge on any atom is -0.508 e. The van der Waals surface area contributed by atoms with E-state index in [1.54, 1.807) is 12.1 Å². The van der Waals surface area contributed by atoms with E-state index in [9.17, 15) is 13.2 Å². The number of carboxylic acid groups (broad SMARTS) is 1. The van der Waals surface area contributed by atoms with E-state index in [0.29, 0.717) is 5.75 Å². The quantitative estimate of drug-likeness (QED) is 0.708. The molecule has 0 radical (unpaired) electrons. The molecule has 15 heavy (non-hydrogen) atoms. The van der Waals surface area contributed by atoms with Gasteiger partial charge >= 0.3 is 12.1 Å². The van der Waals surface area contributed by atoms with Gasteiger partial charge in [0.2, 0.25) is 0 Å². The number of carboxylic acids is 1. The third kappa shape index (κ3) is 6.36. The van der Waals surface area contributed by atoms with E-state index < -0.39 is 12.1 Å². The molecule has 0 fully saturated rings. The zero-order chi connectivity index (χ0) is 12.1. The summed E-state index contributed by atoms with van der Waals surface area (Å²) in [5.74, 6) is -2.42. The van der Waals surface area contributed by atoms with Crippen LogP contribution in [0.3, 0.4) is 0 Å². The Morgan fingerprint density at radius 1 is 1.33 bits per heavy atom. The molecule has 2 N–H and O–H groups in total. The van der Waals surface area contributed by atoms with E-state index in [0.717, 1.165) is 5.56 Å². The predicted molar refractivity (Wildman–Crippen MR) is 46.5 cm³/mol. The van der Waals surface area contributed by atoms with Crippen LogP contribution in [-0.2, 0) is 4.79 Å². The predicted octanol–water partition coefficient (Wildman–Crippen LogP) is 2.33. The van der Waals surface area contributed by atoms with Crippen molar-refractivity contribution in [2.75, 3.05) is 0 Å². The second-order valence-corrected chi connectivity index (χ2v) is 2.64. The first-order valence-electron chi connectivity index (χ1n) is 3.79. The number of benzene rings is 1. The molecule has 3 nitrogen and oxygen atoms in total. The van der Waals surface area contributed by atoms with Gasteiger partial charge in [-0.2, -0.15) is 13.2 Å². The monoisotopic (exact) mass is 222 g/mol. The molecule has 1 aromatic rings. The summed E-state index contributed by atoms with van der Waals surface area (Å²) in [6.45, 7) is 1.94. The summed E-state index contributed by atoms with van der Waals surface area (Å²) in [5.41, 5.74) is 1.09. The number of aryl methyl sites for hydroxylation is 1. The average Bonchev–Trinajstić information content (AvgIpc) is 2.02. The van der Waals surface area contributed by atoms with Gasteiger partial charge in [0.15, 0.2) is 0 Å². The van der Waals surface area contributed by atoms with Gasteiger partial charge in [-0.05, 0) is 24.6 Å². The zero-order valence-corrected chi connectivity index (χ0v) is 7.75. The van der Waals surface area contributed by atoms with Gasteiger partial charge in [0.25, 0.3) is 0 Å². The van der Waals surface area contributed by atoms with Crippen molar-refractivity contribution in [3.05, 3.63) is 29.8 Å². The van der Waals surface area contributed by atoms with Crippen LogP contribution < -0.4 is 0 Å². The second kappa shape index (κ2) is 5.23. The van der Waals surface area contributed by atoms with Gasteiger partial charge in [0.1, 0.15) is 5.75 Å². The van der Waals surface area contributed by atoms with E-state index in [1.807, 2.05) is 19.1 Å². The number of phenols is 1. The number of alkyl halides is 3. The highest BCUT2D eigenvalue weighted by atomic mass is 19.4. The highest BCUT2D eigenvalue weighted by Crippen LogP contribution is 2.13. The van der Waals surface area contributed by atoms with Gasteiger partial charge in [-0.3, -0.25) is 0 Å². The van der Waals surface area contributed by atoms with Gasteiger partial charge in [-0.1, -0.05) is 12.1 Å². The largest absolute Gasteiger partial charge is 0.508 e. The molecule has 0 spiro atoms. The summed E-state index contributed by atoms with van der Waals surface area (Å²) in [4.78, 5) is 8.90. The first-order valence-corrected chi connectivity index (χ1v) is 3.79. The van der Waals surface area contributed by atoms with Crippen molar-refractivity contribution in [1.82, 2.24) is 0 Å². The number of aliphatic carboxylic acids is 1. The molecule has 0 aliphatic carbocycles. The molecule has 0 aliphatic heterocycles. The lowest BCUT2D eigenvalue weighted by Crippen LogP contribution is -2.21. The van der Waals surface area contributed by atoms with Crippen LogP contribution in [0.5, 0.6) is 5.75 Å². The van der Waals surface area contributed by atoms with Crippen LogP contribution in [0, 0.1) is 6.92 Å². The van der Waals surface area contributed by atoms with Crippen LogP contribution in [0.4, 0.5) is 13.2 Å². The fourth-order valence-electron chi connectivity index (χ4n) is 0.628. The van der Waals surface area contributed by atoms with Crippen molar-refractivity contribution in [2.45, 2.75) is 13.1 Å². The summed E-state index contributed by atoms with van der Waals surface area (Å²) >= 11 is 0. The molecular formula is C9H9F3O3. The van der Waals surface area contributed by atoms with Crippen LogP contribution in [-0.4, -0.2) is 22.4 Å². The fourth-order valence-corrected chi connectivity index (χ4v) is 0.628. The van der Waals surface area contributed by atoms with Crippen molar-refractivity contribution in [1.29, 1.82) is 0 Å². The van der Waals surface area contributed by atoms with Crippen molar-refractivity contribution < 1.29 is 28.2 Å². The highest BCUT2D eigenvalue weighted by Gasteiger charge is 2.38. The van der Waals surface area contributed by atoms with Crippen molar-refractivity contribution in [3.8, 4) is 5.75 Å². The Bertz CT molecular complexity index is 316. The molecule has 0 atom stereocenters. The molecule has 0 aliphatic rings. The smallest absolute Gasteiger partial charge is 0.490 e. The molecule has 1 aromatic carbocycles. The van der Waals surface area contributed by atoms with Crippen LogP contribution in [0.2, 0.25) is 0 Å². The average molecular weight is 222 g/mol. The number of hydrogen-bond acceptors (Lipinski definition) is 2. The highest BCUT2D eigenvalue weighted by molar-refractivity contribution is 5.73. The molecule has 1 rings (SSSR count). The Kier molecular flexibility index (Phi) is 4.63. The Morgan fingerprint density at radius 2 is 1.80 bits per heavy atom. The van der Waals surface area contributed by atoms with E-state index >= 15 is 0 Å². The molecule has 0 heterocycles. The normalized spacial score (nSPS) is 10.1. The summed E-state index contributed by atoms with van der Waals surface area (Å²) in [6.07, 6.45) is -5.08. The van der Waals surface area contributed by atoms with Crippen LogP contribution in [0.25, 0.3) is 0 Å². The van der Waals surface area contributed by atoms with Gasteiger partial charge in [0.05, 0.1) is 0 Å². The first kappa shape index (κ1) is 13.3. The number of rotatable bonds is 0. The van der Waals surface area contributed by atoms with Gasteiger partial charge in [-0.15, -0.1) is 0 Å². The maximum Gasteiger partial charge on any atom is 0.490 e. The van der Waals surface area contributed by atoms with Crippen LogP contribution >= 0.6 is 0 Å². The molecule has 0 unspecified atom stereocenters. The number of phenolic OH excluding ortho intramolecular Hbond substituents is 1.